The van der Waals surface area contributed by atoms with Crippen LogP contribution in [0.3, 0.4) is 0 Å². The van der Waals surface area contributed by atoms with E-state index in [0.29, 0.717) is 0 Å². The van der Waals surface area contributed by atoms with Crippen molar-refractivity contribution in [2.45, 2.75) is 90.5 Å². The van der Waals surface area contributed by atoms with Gasteiger partial charge in [0.2, 0.25) is 0 Å². The van der Waals surface area contributed by atoms with Crippen LogP contribution in [0.4, 0.5) is 0 Å². The highest BCUT2D eigenvalue weighted by atomic mass is 14.9. The van der Waals surface area contributed by atoms with E-state index in [1.165, 1.54) is 77.2 Å². The van der Waals surface area contributed by atoms with Crippen LogP contribution in [0.5, 0.6) is 0 Å². The standard InChI is InChI=1S/C16H33N/c1-3-4-5-6-7-11-14-17-15(2)16-12-9-8-10-13-16/h15-17H,3-14H2,1-2H3/t15-/m1/s1. The monoisotopic (exact) mass is 239 g/mol. The van der Waals surface area contributed by atoms with Gasteiger partial charge in [0, 0.05) is 6.04 Å². The number of unbranched alkanes of at least 4 members (excludes halogenated alkanes) is 5. The first-order valence-electron chi connectivity index (χ1n) is 8.08. The van der Waals surface area contributed by atoms with Gasteiger partial charge in [-0.3, -0.25) is 0 Å². The summed E-state index contributed by atoms with van der Waals surface area (Å²) in [5.74, 6) is 0.962. The van der Waals surface area contributed by atoms with E-state index in [1.54, 1.807) is 0 Å². The lowest BCUT2D eigenvalue weighted by molar-refractivity contribution is 0.281. The van der Waals surface area contributed by atoms with Gasteiger partial charge >= 0.3 is 0 Å². The molecular weight excluding hydrogens is 206 g/mol. The first kappa shape index (κ1) is 15.0. The lowest BCUT2D eigenvalue weighted by Gasteiger charge is -2.28. The average Bonchev–Trinajstić information content (AvgIpc) is 2.38. The van der Waals surface area contributed by atoms with Gasteiger partial charge in [-0.15, -0.1) is 0 Å². The first-order valence-corrected chi connectivity index (χ1v) is 8.08. The highest BCUT2D eigenvalue weighted by Gasteiger charge is 2.18. The molecule has 1 fully saturated rings. The molecule has 1 saturated carbocycles. The van der Waals surface area contributed by atoms with E-state index in [1.807, 2.05) is 0 Å². The van der Waals surface area contributed by atoms with E-state index in [-0.39, 0.29) is 0 Å². The summed E-state index contributed by atoms with van der Waals surface area (Å²) < 4.78 is 0. The molecule has 1 aliphatic rings. The van der Waals surface area contributed by atoms with E-state index in [9.17, 15) is 0 Å². The third kappa shape index (κ3) is 7.08. The Labute approximate surface area is 109 Å². The van der Waals surface area contributed by atoms with Crippen LogP contribution in [0.2, 0.25) is 0 Å². The van der Waals surface area contributed by atoms with Crippen molar-refractivity contribution in [1.29, 1.82) is 0 Å². The molecule has 1 atom stereocenters. The number of hydrogen-bond donors (Lipinski definition) is 1. The van der Waals surface area contributed by atoms with Gasteiger partial charge in [-0.25, -0.2) is 0 Å². The molecule has 0 heterocycles. The first-order chi connectivity index (χ1) is 8.34. The van der Waals surface area contributed by atoms with Gasteiger partial charge in [0.1, 0.15) is 0 Å². The topological polar surface area (TPSA) is 12.0 Å². The molecule has 0 bridgehead atoms. The van der Waals surface area contributed by atoms with Crippen molar-refractivity contribution in [1.82, 2.24) is 5.32 Å². The molecule has 0 unspecified atom stereocenters. The summed E-state index contributed by atoms with van der Waals surface area (Å²) in [7, 11) is 0. The molecule has 0 aliphatic heterocycles. The molecule has 1 N–H and O–H groups in total. The fraction of sp³-hybridized carbons (Fsp3) is 1.00. The fourth-order valence-corrected chi connectivity index (χ4v) is 3.04. The largest absolute Gasteiger partial charge is 0.314 e. The highest BCUT2D eigenvalue weighted by molar-refractivity contribution is 4.75. The van der Waals surface area contributed by atoms with Crippen LogP contribution in [0.1, 0.15) is 84.5 Å². The van der Waals surface area contributed by atoms with E-state index in [4.69, 9.17) is 0 Å². The van der Waals surface area contributed by atoms with Crippen molar-refractivity contribution in [2.24, 2.45) is 5.92 Å². The zero-order chi connectivity index (χ0) is 12.3. The van der Waals surface area contributed by atoms with Crippen molar-refractivity contribution >= 4 is 0 Å². The van der Waals surface area contributed by atoms with Gasteiger partial charge in [-0.1, -0.05) is 58.3 Å². The SMILES string of the molecule is CCCCCCCCN[C@H](C)C1CCCCC1. The molecule has 1 rings (SSSR count). The van der Waals surface area contributed by atoms with Crippen LogP contribution in [0.25, 0.3) is 0 Å². The van der Waals surface area contributed by atoms with Crippen molar-refractivity contribution in [3.05, 3.63) is 0 Å². The second-order valence-electron chi connectivity index (χ2n) is 5.91. The predicted molar refractivity (Wildman–Crippen MR) is 77.4 cm³/mol. The summed E-state index contributed by atoms with van der Waals surface area (Å²) in [4.78, 5) is 0. The number of hydrogen-bond acceptors (Lipinski definition) is 1. The van der Waals surface area contributed by atoms with E-state index in [2.05, 4.69) is 19.2 Å². The van der Waals surface area contributed by atoms with Crippen LogP contribution in [0.15, 0.2) is 0 Å². The predicted octanol–water partition coefficient (Wildman–Crippen LogP) is 4.91. The number of rotatable bonds is 9. The second kappa shape index (κ2) is 9.94. The molecule has 1 aliphatic carbocycles. The molecule has 0 radical (unpaired) electrons. The summed E-state index contributed by atoms with van der Waals surface area (Å²) in [5.41, 5.74) is 0. The average molecular weight is 239 g/mol. The minimum absolute atomic E-state index is 0.756. The maximum absolute atomic E-state index is 3.74. The van der Waals surface area contributed by atoms with Crippen LogP contribution < -0.4 is 5.32 Å². The molecule has 0 aromatic carbocycles. The quantitative estimate of drug-likeness (QED) is 0.564. The van der Waals surface area contributed by atoms with Crippen molar-refractivity contribution < 1.29 is 0 Å². The third-order valence-electron chi connectivity index (χ3n) is 4.35. The lowest BCUT2D eigenvalue weighted by atomic mass is 9.84. The molecule has 102 valence electrons. The second-order valence-corrected chi connectivity index (χ2v) is 5.91. The maximum atomic E-state index is 3.74. The van der Waals surface area contributed by atoms with Gasteiger partial charge in [0.05, 0.1) is 0 Å². The minimum Gasteiger partial charge on any atom is -0.314 e. The molecule has 0 aromatic rings. The van der Waals surface area contributed by atoms with Gasteiger partial charge in [0.15, 0.2) is 0 Å². The Balaban J connectivity index is 1.90. The van der Waals surface area contributed by atoms with Crippen LogP contribution in [-0.2, 0) is 0 Å². The van der Waals surface area contributed by atoms with Crippen LogP contribution in [0, 0.1) is 5.92 Å². The maximum Gasteiger partial charge on any atom is 0.00669 e. The molecular formula is C16H33N. The molecule has 1 nitrogen and oxygen atoms in total. The minimum atomic E-state index is 0.756. The Morgan fingerprint density at radius 1 is 0.941 bits per heavy atom. The van der Waals surface area contributed by atoms with Crippen molar-refractivity contribution in [2.75, 3.05) is 6.54 Å². The Kier molecular flexibility index (Phi) is 8.78. The Morgan fingerprint density at radius 2 is 1.59 bits per heavy atom. The highest BCUT2D eigenvalue weighted by Crippen LogP contribution is 2.26. The fourth-order valence-electron chi connectivity index (χ4n) is 3.04. The summed E-state index contributed by atoms with van der Waals surface area (Å²) in [6.45, 7) is 5.92. The molecule has 1 heteroatoms. The molecule has 0 saturated heterocycles. The van der Waals surface area contributed by atoms with Gasteiger partial charge < -0.3 is 5.32 Å². The van der Waals surface area contributed by atoms with Crippen LogP contribution >= 0.6 is 0 Å². The molecule has 0 spiro atoms. The van der Waals surface area contributed by atoms with Gasteiger partial charge in [-0.05, 0) is 38.6 Å². The zero-order valence-electron chi connectivity index (χ0n) is 12.1. The van der Waals surface area contributed by atoms with E-state index < -0.39 is 0 Å². The zero-order valence-corrected chi connectivity index (χ0v) is 12.1. The van der Waals surface area contributed by atoms with Gasteiger partial charge in [0.25, 0.3) is 0 Å². The Hall–Kier alpha value is -0.0400. The van der Waals surface area contributed by atoms with Gasteiger partial charge in [-0.2, -0.15) is 0 Å². The summed E-state index contributed by atoms with van der Waals surface area (Å²) >= 11 is 0. The summed E-state index contributed by atoms with van der Waals surface area (Å²) in [6.07, 6.45) is 15.8. The molecule has 17 heavy (non-hydrogen) atoms. The smallest absolute Gasteiger partial charge is 0.00669 e. The normalized spacial score (nSPS) is 19.4. The summed E-state index contributed by atoms with van der Waals surface area (Å²) in [5, 5.41) is 3.74. The Bertz CT molecular complexity index is 161. The Morgan fingerprint density at radius 3 is 2.29 bits per heavy atom. The lowest BCUT2D eigenvalue weighted by Crippen LogP contribution is -2.35. The van der Waals surface area contributed by atoms with Crippen molar-refractivity contribution in [3.63, 3.8) is 0 Å². The van der Waals surface area contributed by atoms with Crippen LogP contribution in [-0.4, -0.2) is 12.6 Å². The molecule has 0 amide bonds. The van der Waals surface area contributed by atoms with E-state index >= 15 is 0 Å². The van der Waals surface area contributed by atoms with Crippen molar-refractivity contribution in [3.8, 4) is 0 Å². The third-order valence-corrected chi connectivity index (χ3v) is 4.35. The van der Waals surface area contributed by atoms with E-state index in [0.717, 1.165) is 12.0 Å². The number of nitrogens with one attached hydrogen (secondary N) is 1. The molecule has 0 aromatic heterocycles. The summed E-state index contributed by atoms with van der Waals surface area (Å²) in [6, 6.07) is 0.756.